The maximum atomic E-state index is 12.3. The van der Waals surface area contributed by atoms with Gasteiger partial charge < -0.3 is 24.8 Å². The Bertz CT molecular complexity index is 1780. The van der Waals surface area contributed by atoms with Crippen molar-refractivity contribution in [2.24, 2.45) is 0 Å². The third-order valence-electron chi connectivity index (χ3n) is 7.34. The molecule has 13 nitrogen and oxygen atoms in total. The van der Waals surface area contributed by atoms with Crippen molar-refractivity contribution in [1.82, 2.24) is 14.5 Å². The number of phosphoric ester groups is 1. The highest BCUT2D eigenvalue weighted by atomic mass is 35.5. The smallest absolute Gasteiger partial charge is 0.472 e. The van der Waals surface area contributed by atoms with Gasteiger partial charge in [0.1, 0.15) is 18.1 Å². The molecule has 4 N–H and O–H groups in total. The van der Waals surface area contributed by atoms with Gasteiger partial charge in [0.2, 0.25) is 0 Å². The average molecular weight is 649 g/mol. The first-order valence-corrected chi connectivity index (χ1v) is 16.1. The predicted molar refractivity (Wildman–Crippen MR) is 165 cm³/mol. The molecular formula is C29H34ClN4O9P. The van der Waals surface area contributed by atoms with E-state index in [0.29, 0.717) is 18.0 Å². The zero-order valence-corrected chi connectivity index (χ0v) is 25.6. The van der Waals surface area contributed by atoms with E-state index in [1.54, 1.807) is 7.11 Å². The van der Waals surface area contributed by atoms with Crippen LogP contribution in [0.15, 0.2) is 58.3 Å². The van der Waals surface area contributed by atoms with Crippen LogP contribution in [0.25, 0.3) is 21.8 Å². The number of aliphatic hydroxyl groups excluding tert-OH is 1. The molecule has 15 heteroatoms. The van der Waals surface area contributed by atoms with Crippen LogP contribution < -0.4 is 21.3 Å². The van der Waals surface area contributed by atoms with Crippen LogP contribution in [0.1, 0.15) is 38.3 Å². The number of aromatic amines is 1. The van der Waals surface area contributed by atoms with Gasteiger partial charge in [-0.25, -0.2) is 14.3 Å². The summed E-state index contributed by atoms with van der Waals surface area (Å²) in [5.74, 6) is 0.736. The molecule has 4 aromatic rings. The lowest BCUT2D eigenvalue weighted by atomic mass is 10.1. The number of nitrogens with zero attached hydrogens (tertiary/aromatic N) is 2. The molecule has 1 fully saturated rings. The number of benzene rings is 2. The lowest BCUT2D eigenvalue weighted by Crippen LogP contribution is -2.31. The van der Waals surface area contributed by atoms with Gasteiger partial charge >= 0.3 is 13.5 Å². The molecule has 5 rings (SSSR count). The Kier molecular flexibility index (Phi) is 10.4. The van der Waals surface area contributed by atoms with Crippen molar-refractivity contribution < 1.29 is 33.1 Å². The first-order valence-electron chi connectivity index (χ1n) is 14.2. The Labute approximate surface area is 257 Å². The van der Waals surface area contributed by atoms with Crippen LogP contribution in [0.5, 0.6) is 5.75 Å². The van der Waals surface area contributed by atoms with Gasteiger partial charge in [-0.05, 0) is 49.2 Å². The molecule has 44 heavy (non-hydrogen) atoms. The summed E-state index contributed by atoms with van der Waals surface area (Å²) in [6.45, 7) is 0.308. The maximum Gasteiger partial charge on any atom is 0.472 e. The fourth-order valence-electron chi connectivity index (χ4n) is 5.08. The van der Waals surface area contributed by atoms with Gasteiger partial charge in [-0.15, -0.1) is 0 Å². The summed E-state index contributed by atoms with van der Waals surface area (Å²) in [6.07, 6.45) is 1.47. The number of H-pyrrole nitrogens is 1. The van der Waals surface area contributed by atoms with Gasteiger partial charge in [-0.2, -0.15) is 0 Å². The largest absolute Gasteiger partial charge is 0.497 e. The van der Waals surface area contributed by atoms with Gasteiger partial charge in [0, 0.05) is 41.0 Å². The number of rotatable bonds is 14. The van der Waals surface area contributed by atoms with Crippen molar-refractivity contribution in [3.05, 3.63) is 74.5 Å². The minimum Gasteiger partial charge on any atom is -0.497 e. The van der Waals surface area contributed by atoms with Crippen LogP contribution >= 0.6 is 19.4 Å². The van der Waals surface area contributed by atoms with Gasteiger partial charge in [0.15, 0.2) is 0 Å². The highest BCUT2D eigenvalue weighted by Crippen LogP contribution is 2.44. The normalized spacial score (nSPS) is 19.8. The summed E-state index contributed by atoms with van der Waals surface area (Å²) < 4.78 is 34.6. The average Bonchev–Trinajstić information content (AvgIpc) is 3.36. The molecule has 0 saturated carbocycles. The fourth-order valence-corrected chi connectivity index (χ4v) is 6.02. The number of aromatic nitrogens is 3. The number of aliphatic hydroxyl groups is 1. The number of nitrogens with one attached hydrogen (secondary N) is 2. The molecule has 0 bridgehead atoms. The molecule has 1 saturated heterocycles. The molecule has 2 aromatic carbocycles. The Morgan fingerprint density at radius 2 is 1.91 bits per heavy atom. The number of unbranched alkanes of at least 4 members (excludes halogenated alkanes) is 3. The van der Waals surface area contributed by atoms with Crippen LogP contribution in [0.2, 0.25) is 5.02 Å². The first kappa shape index (κ1) is 32.1. The third kappa shape index (κ3) is 7.86. The third-order valence-corrected chi connectivity index (χ3v) is 8.56. The van der Waals surface area contributed by atoms with E-state index < -0.39 is 44.1 Å². The number of methoxy groups -OCH3 is 1. The molecule has 1 aliphatic rings. The Balaban J connectivity index is 1.04. The number of hydrogen-bond acceptors (Lipinski definition) is 10. The Morgan fingerprint density at radius 3 is 2.70 bits per heavy atom. The first-order chi connectivity index (χ1) is 21.1. The molecule has 236 valence electrons. The van der Waals surface area contributed by atoms with E-state index in [2.05, 4.69) is 10.3 Å². The maximum absolute atomic E-state index is 12.3. The van der Waals surface area contributed by atoms with Crippen LogP contribution in [0, 0.1) is 0 Å². The molecule has 3 heterocycles. The van der Waals surface area contributed by atoms with Crippen LogP contribution in [-0.2, 0) is 18.3 Å². The summed E-state index contributed by atoms with van der Waals surface area (Å²) in [5, 5.41) is 16.3. The molecule has 1 aliphatic heterocycles. The molecule has 0 amide bonds. The zero-order valence-electron chi connectivity index (χ0n) is 24.0. The van der Waals surface area contributed by atoms with E-state index in [4.69, 9.17) is 35.1 Å². The van der Waals surface area contributed by atoms with E-state index in [-0.39, 0.29) is 13.0 Å². The second-order valence-electron chi connectivity index (χ2n) is 10.4. The number of hydrogen-bond donors (Lipinski definition) is 4. The number of fused-ring (bicyclic) bond motifs is 2. The highest BCUT2D eigenvalue weighted by Gasteiger charge is 2.37. The van der Waals surface area contributed by atoms with Crippen LogP contribution in [-0.4, -0.2) is 63.6 Å². The lowest BCUT2D eigenvalue weighted by Gasteiger charge is -2.18. The van der Waals surface area contributed by atoms with Crippen LogP contribution in [0.3, 0.4) is 0 Å². The minimum atomic E-state index is -4.38. The SMILES string of the molecule is COc1ccc2nc3cc(Cl)ccc3c(NCCCCCCOP(=O)(O)OC[C@H]3O[C@@H](n4ccc(=O)[nH]c4=O)C[C@@H]3O)c2c1. The van der Waals surface area contributed by atoms with Gasteiger partial charge in [0.25, 0.3) is 5.56 Å². The predicted octanol–water partition coefficient (Wildman–Crippen LogP) is 4.35. The van der Waals surface area contributed by atoms with Crippen molar-refractivity contribution in [2.75, 3.05) is 32.2 Å². The molecule has 0 radical (unpaired) electrons. The topological polar surface area (TPSA) is 174 Å². The van der Waals surface area contributed by atoms with Crippen molar-refractivity contribution in [1.29, 1.82) is 0 Å². The Hall–Kier alpha value is -3.29. The van der Waals surface area contributed by atoms with E-state index in [0.717, 1.165) is 63.1 Å². The van der Waals surface area contributed by atoms with E-state index in [1.807, 2.05) is 36.4 Å². The Morgan fingerprint density at radius 1 is 1.09 bits per heavy atom. The summed E-state index contributed by atoms with van der Waals surface area (Å²) in [5.41, 5.74) is 1.33. The highest BCUT2D eigenvalue weighted by molar-refractivity contribution is 7.47. The zero-order chi connectivity index (χ0) is 31.3. The van der Waals surface area contributed by atoms with E-state index >= 15 is 0 Å². The number of ether oxygens (including phenoxy) is 2. The van der Waals surface area contributed by atoms with Gasteiger partial charge in [0.05, 0.1) is 43.1 Å². The monoisotopic (exact) mass is 648 g/mol. The second-order valence-corrected chi connectivity index (χ2v) is 12.3. The number of halogens is 1. The standard InChI is InChI=1S/C29H34ClN4O9P/c1-40-19-7-9-22-21(15-19)28(20-8-6-18(30)14-23(20)32-22)31-11-4-2-3-5-13-41-44(38,39)42-17-25-24(35)16-27(43-25)34-12-10-26(36)33-29(34)37/h6-10,12,14-15,24-25,27,35H,2-5,11,13,16-17H2,1H3,(H,31,32)(H,38,39)(H,33,36,37)/t24-,25+,27+/m0/s1. The molecule has 0 aliphatic carbocycles. The van der Waals surface area contributed by atoms with Gasteiger partial charge in [-0.3, -0.25) is 23.4 Å². The van der Waals surface area contributed by atoms with Crippen molar-refractivity contribution in [3.63, 3.8) is 0 Å². The summed E-state index contributed by atoms with van der Waals surface area (Å²) >= 11 is 6.21. The fraction of sp³-hybridized carbons (Fsp3) is 0.414. The lowest BCUT2D eigenvalue weighted by molar-refractivity contribution is -0.0465. The number of phosphoric acid groups is 1. The summed E-state index contributed by atoms with van der Waals surface area (Å²) in [4.78, 5) is 40.2. The molecule has 2 aromatic heterocycles. The van der Waals surface area contributed by atoms with Crippen LogP contribution in [0.4, 0.5) is 5.69 Å². The minimum absolute atomic E-state index is 0.0187. The molecule has 0 spiro atoms. The van der Waals surface area contributed by atoms with Crippen molar-refractivity contribution in [2.45, 2.75) is 50.5 Å². The van der Waals surface area contributed by atoms with E-state index in [9.17, 15) is 24.2 Å². The van der Waals surface area contributed by atoms with E-state index in [1.165, 1.54) is 6.20 Å². The van der Waals surface area contributed by atoms with Gasteiger partial charge in [-0.1, -0.05) is 24.4 Å². The van der Waals surface area contributed by atoms with Crippen molar-refractivity contribution in [3.8, 4) is 5.75 Å². The molecular weight excluding hydrogens is 615 g/mol. The second kappa shape index (κ2) is 14.2. The summed E-state index contributed by atoms with van der Waals surface area (Å²) in [7, 11) is -2.76. The molecule has 4 atom stereocenters. The summed E-state index contributed by atoms with van der Waals surface area (Å²) in [6, 6.07) is 12.5. The number of anilines is 1. The van der Waals surface area contributed by atoms with Crippen molar-refractivity contribution >= 4 is 46.9 Å². The molecule has 1 unspecified atom stereocenters. The quantitative estimate of drug-likeness (QED) is 0.0869. The number of pyridine rings is 1.